The fourth-order valence-electron chi connectivity index (χ4n) is 1.89. The Morgan fingerprint density at radius 2 is 1.95 bits per heavy atom. The Bertz CT molecular complexity index is 515. The molecule has 2 unspecified atom stereocenters. The van der Waals surface area contributed by atoms with E-state index in [4.69, 9.17) is 0 Å². The molecule has 0 radical (unpaired) electrons. The topological polar surface area (TPSA) is 61.4 Å². The van der Waals surface area contributed by atoms with Crippen molar-refractivity contribution >= 4 is 6.03 Å². The maximum atomic E-state index is 13.8. The maximum Gasteiger partial charge on any atom is 0.315 e. The normalized spacial score (nSPS) is 14.3. The van der Waals surface area contributed by atoms with Gasteiger partial charge in [-0.3, -0.25) is 0 Å². The van der Waals surface area contributed by atoms with Crippen molar-refractivity contribution in [1.29, 1.82) is 0 Å². The van der Waals surface area contributed by atoms with E-state index in [2.05, 4.69) is 10.6 Å². The van der Waals surface area contributed by atoms with E-state index in [0.717, 1.165) is 12.1 Å². The lowest BCUT2D eigenvalue weighted by molar-refractivity contribution is 0.0649. The van der Waals surface area contributed by atoms with Crippen LogP contribution >= 0.6 is 0 Å². The molecule has 6 heteroatoms. The highest BCUT2D eigenvalue weighted by molar-refractivity contribution is 5.74. The largest absolute Gasteiger partial charge is 0.391 e. The van der Waals surface area contributed by atoms with E-state index < -0.39 is 29.8 Å². The minimum absolute atomic E-state index is 0.0949. The summed E-state index contributed by atoms with van der Waals surface area (Å²) in [6.07, 6.45) is -0.237. The molecule has 0 aliphatic heterocycles. The molecule has 2 atom stereocenters. The highest BCUT2D eigenvalue weighted by Gasteiger charge is 2.23. The summed E-state index contributed by atoms with van der Waals surface area (Å²) in [6.45, 7) is 7.47. The van der Waals surface area contributed by atoms with Gasteiger partial charge in [0.1, 0.15) is 11.6 Å². The Balaban J connectivity index is 2.64. The molecule has 1 aromatic carbocycles. The quantitative estimate of drug-likeness (QED) is 0.782. The lowest BCUT2D eigenvalue weighted by Crippen LogP contribution is -2.44. The fraction of sp³-hybridized carbons (Fsp3) is 0.562. The van der Waals surface area contributed by atoms with Gasteiger partial charge in [-0.15, -0.1) is 0 Å². The van der Waals surface area contributed by atoms with E-state index in [1.165, 1.54) is 6.07 Å². The van der Waals surface area contributed by atoms with Crippen molar-refractivity contribution in [3.63, 3.8) is 0 Å². The van der Waals surface area contributed by atoms with E-state index >= 15 is 0 Å². The van der Waals surface area contributed by atoms with Gasteiger partial charge >= 0.3 is 6.03 Å². The third-order valence-electron chi connectivity index (χ3n) is 3.51. The van der Waals surface area contributed by atoms with Crippen molar-refractivity contribution in [2.45, 2.75) is 46.3 Å². The van der Waals surface area contributed by atoms with Gasteiger partial charge in [-0.05, 0) is 17.9 Å². The van der Waals surface area contributed by atoms with Gasteiger partial charge in [0.2, 0.25) is 0 Å². The van der Waals surface area contributed by atoms with Crippen LogP contribution in [-0.4, -0.2) is 23.8 Å². The van der Waals surface area contributed by atoms with Gasteiger partial charge in [0, 0.05) is 18.2 Å². The number of nitrogens with one attached hydrogen (secondary N) is 2. The van der Waals surface area contributed by atoms with Crippen LogP contribution in [0.3, 0.4) is 0 Å². The van der Waals surface area contributed by atoms with Gasteiger partial charge in [0.05, 0.1) is 12.1 Å². The zero-order chi connectivity index (χ0) is 16.9. The summed E-state index contributed by atoms with van der Waals surface area (Å²) < 4.78 is 26.7. The number of hydrogen-bond donors (Lipinski definition) is 3. The van der Waals surface area contributed by atoms with Gasteiger partial charge in [0.15, 0.2) is 0 Å². The Kier molecular flexibility index (Phi) is 6.29. The average molecular weight is 314 g/mol. The first-order valence-corrected chi connectivity index (χ1v) is 7.32. The lowest BCUT2D eigenvalue weighted by atomic mass is 9.89. The van der Waals surface area contributed by atoms with Crippen molar-refractivity contribution in [3.8, 4) is 0 Å². The molecule has 4 nitrogen and oxygen atoms in total. The van der Waals surface area contributed by atoms with Gasteiger partial charge < -0.3 is 15.7 Å². The number of urea groups is 1. The molecule has 22 heavy (non-hydrogen) atoms. The predicted molar refractivity (Wildman–Crippen MR) is 81.4 cm³/mol. The van der Waals surface area contributed by atoms with Gasteiger partial charge in [-0.25, -0.2) is 13.6 Å². The number of carbonyl (C=O) groups excluding carboxylic acids is 1. The standard InChI is InChI=1S/C16H24F2N2O2/c1-5-13(11-7-6-10(17)8-12(11)18)20-15(22)19-9-14(21)16(2,3)4/h6-8,13-14,21H,5,9H2,1-4H3,(H2,19,20,22). The number of halogens is 2. The summed E-state index contributed by atoms with van der Waals surface area (Å²) in [5, 5.41) is 15.1. The zero-order valence-corrected chi connectivity index (χ0v) is 13.4. The molecule has 0 spiro atoms. The number of amides is 2. The molecule has 1 aromatic rings. The molecule has 0 heterocycles. The Labute approximate surface area is 129 Å². The second kappa shape index (κ2) is 7.54. The molecule has 0 fully saturated rings. The van der Waals surface area contributed by atoms with Crippen LogP contribution in [-0.2, 0) is 0 Å². The molecule has 3 N–H and O–H groups in total. The second-order valence-corrected chi connectivity index (χ2v) is 6.36. The number of aliphatic hydroxyl groups excluding tert-OH is 1. The van der Waals surface area contributed by atoms with E-state index in [1.54, 1.807) is 6.92 Å². The monoisotopic (exact) mass is 314 g/mol. The summed E-state index contributed by atoms with van der Waals surface area (Å²) in [6, 6.07) is 2.21. The first kappa shape index (κ1) is 18.4. The minimum atomic E-state index is -0.694. The molecule has 0 aromatic heterocycles. The molecule has 0 aliphatic carbocycles. The van der Waals surface area contributed by atoms with Crippen molar-refractivity contribution < 1.29 is 18.7 Å². The first-order chi connectivity index (χ1) is 10.1. The number of benzene rings is 1. The maximum absolute atomic E-state index is 13.8. The summed E-state index contributed by atoms with van der Waals surface area (Å²) in [5.41, 5.74) is -0.115. The van der Waals surface area contributed by atoms with Gasteiger partial charge in [-0.1, -0.05) is 33.8 Å². The van der Waals surface area contributed by atoms with Crippen LogP contribution < -0.4 is 10.6 Å². The number of rotatable bonds is 5. The van der Waals surface area contributed by atoms with Crippen LogP contribution in [0.2, 0.25) is 0 Å². The van der Waals surface area contributed by atoms with Crippen LogP contribution in [0.1, 0.15) is 45.7 Å². The lowest BCUT2D eigenvalue weighted by Gasteiger charge is -2.26. The summed E-state index contributed by atoms with van der Waals surface area (Å²) >= 11 is 0. The summed E-state index contributed by atoms with van der Waals surface area (Å²) in [7, 11) is 0. The zero-order valence-electron chi connectivity index (χ0n) is 13.4. The molecule has 2 amide bonds. The Morgan fingerprint density at radius 1 is 1.32 bits per heavy atom. The van der Waals surface area contributed by atoms with E-state index in [-0.39, 0.29) is 17.5 Å². The SMILES string of the molecule is CCC(NC(=O)NCC(O)C(C)(C)C)c1ccc(F)cc1F. The predicted octanol–water partition coefficient (Wildman–Crippen LogP) is 3.12. The third kappa shape index (κ3) is 5.26. The van der Waals surface area contributed by atoms with Crippen molar-refractivity contribution in [3.05, 3.63) is 35.4 Å². The second-order valence-electron chi connectivity index (χ2n) is 6.36. The molecule has 0 saturated carbocycles. The summed E-state index contributed by atoms with van der Waals surface area (Å²) in [5.74, 6) is -1.35. The smallest absolute Gasteiger partial charge is 0.315 e. The highest BCUT2D eigenvalue weighted by Crippen LogP contribution is 2.21. The molecule has 0 bridgehead atoms. The van der Waals surface area contributed by atoms with E-state index in [1.807, 2.05) is 20.8 Å². The number of carbonyl (C=O) groups is 1. The number of aliphatic hydroxyl groups is 1. The molecule has 1 rings (SSSR count). The van der Waals surface area contributed by atoms with E-state index in [9.17, 15) is 18.7 Å². The van der Waals surface area contributed by atoms with Crippen LogP contribution in [0.4, 0.5) is 13.6 Å². The van der Waals surface area contributed by atoms with Crippen LogP contribution in [0.15, 0.2) is 18.2 Å². The fourth-order valence-corrected chi connectivity index (χ4v) is 1.89. The average Bonchev–Trinajstić information content (AvgIpc) is 2.41. The van der Waals surface area contributed by atoms with Crippen molar-refractivity contribution in [1.82, 2.24) is 10.6 Å². The molecular formula is C16H24F2N2O2. The molecule has 124 valence electrons. The Hall–Kier alpha value is -1.69. The summed E-state index contributed by atoms with van der Waals surface area (Å²) in [4.78, 5) is 11.9. The van der Waals surface area contributed by atoms with Gasteiger partial charge in [0.25, 0.3) is 0 Å². The molecule has 0 aliphatic rings. The van der Waals surface area contributed by atoms with E-state index in [0.29, 0.717) is 6.42 Å². The van der Waals surface area contributed by atoms with Crippen LogP contribution in [0.25, 0.3) is 0 Å². The van der Waals surface area contributed by atoms with Crippen LogP contribution in [0, 0.1) is 17.0 Å². The Morgan fingerprint density at radius 3 is 2.45 bits per heavy atom. The number of hydrogen-bond acceptors (Lipinski definition) is 2. The third-order valence-corrected chi connectivity index (χ3v) is 3.51. The highest BCUT2D eigenvalue weighted by atomic mass is 19.1. The van der Waals surface area contributed by atoms with Gasteiger partial charge in [-0.2, -0.15) is 0 Å². The van der Waals surface area contributed by atoms with Crippen molar-refractivity contribution in [2.24, 2.45) is 5.41 Å². The van der Waals surface area contributed by atoms with Crippen molar-refractivity contribution in [2.75, 3.05) is 6.54 Å². The first-order valence-electron chi connectivity index (χ1n) is 7.32. The van der Waals surface area contributed by atoms with Crippen LogP contribution in [0.5, 0.6) is 0 Å². The molecule has 0 saturated heterocycles. The molecular weight excluding hydrogens is 290 g/mol. The minimum Gasteiger partial charge on any atom is -0.391 e.